The Bertz CT molecular complexity index is 863. The smallest absolute Gasteiger partial charge is 0.402 e. The molecule has 2 atom stereocenters. The second-order valence-electron chi connectivity index (χ2n) is 8.71. The molecule has 10 heteroatoms. The van der Waals surface area contributed by atoms with E-state index in [0.29, 0.717) is 11.3 Å². The van der Waals surface area contributed by atoms with Crippen molar-refractivity contribution in [1.82, 2.24) is 19.9 Å². The normalized spacial score (nSPS) is 22.0. The van der Waals surface area contributed by atoms with Crippen molar-refractivity contribution in [1.29, 1.82) is 0 Å². The molecule has 1 aliphatic carbocycles. The van der Waals surface area contributed by atoms with Crippen LogP contribution in [0.5, 0.6) is 5.75 Å². The number of morpholine rings is 1. The van der Waals surface area contributed by atoms with Crippen molar-refractivity contribution in [2.45, 2.75) is 58.4 Å². The zero-order valence-corrected chi connectivity index (χ0v) is 18.8. The Morgan fingerprint density at radius 1 is 1.19 bits per heavy atom. The molecule has 1 saturated heterocycles. The van der Waals surface area contributed by atoms with Gasteiger partial charge in [0.15, 0.2) is 11.6 Å². The fourth-order valence-electron chi connectivity index (χ4n) is 4.04. The first-order valence-electron chi connectivity index (χ1n) is 11.0. The summed E-state index contributed by atoms with van der Waals surface area (Å²) < 4.78 is 45.9. The summed E-state index contributed by atoms with van der Waals surface area (Å²) in [7, 11) is 0. The van der Waals surface area contributed by atoms with E-state index in [-0.39, 0.29) is 11.7 Å². The van der Waals surface area contributed by atoms with E-state index in [0.717, 1.165) is 44.1 Å². The minimum absolute atomic E-state index is 0.177. The Kier molecular flexibility index (Phi) is 8.00. The molecule has 0 amide bonds. The molecule has 178 valence electrons. The van der Waals surface area contributed by atoms with Crippen LogP contribution >= 0.6 is 0 Å². The number of hydrogen-bond donors (Lipinski definition) is 2. The van der Waals surface area contributed by atoms with Crippen molar-refractivity contribution in [2.24, 2.45) is 5.92 Å². The van der Waals surface area contributed by atoms with Gasteiger partial charge in [0.2, 0.25) is 0 Å². The molecule has 2 fully saturated rings. The number of nitrogens with zero attached hydrogens (tertiary/aromatic N) is 3. The third kappa shape index (κ3) is 6.83. The van der Waals surface area contributed by atoms with E-state index >= 15 is 0 Å². The molecule has 2 aromatic rings. The van der Waals surface area contributed by atoms with E-state index in [4.69, 9.17) is 10.5 Å². The van der Waals surface area contributed by atoms with Crippen LogP contribution in [0.1, 0.15) is 51.8 Å². The second kappa shape index (κ2) is 10.5. The number of nitrogens with two attached hydrogens (primary N) is 1. The van der Waals surface area contributed by atoms with Crippen molar-refractivity contribution in [3.05, 3.63) is 24.3 Å². The van der Waals surface area contributed by atoms with E-state index in [1.807, 2.05) is 13.8 Å². The monoisotopic (exact) mass is 455 g/mol. The highest BCUT2D eigenvalue weighted by molar-refractivity contribution is 5.63. The van der Waals surface area contributed by atoms with Gasteiger partial charge in [-0.05, 0) is 31.2 Å². The highest BCUT2D eigenvalue weighted by Crippen LogP contribution is 2.31. The van der Waals surface area contributed by atoms with Gasteiger partial charge in [0, 0.05) is 36.8 Å². The molecule has 0 aromatic carbocycles. The fourth-order valence-corrected chi connectivity index (χ4v) is 4.04. The van der Waals surface area contributed by atoms with Crippen LogP contribution in [0.4, 0.5) is 19.0 Å². The molecule has 1 aliphatic heterocycles. The summed E-state index contributed by atoms with van der Waals surface area (Å²) in [6, 6.07) is 2.05. The predicted molar refractivity (Wildman–Crippen MR) is 116 cm³/mol. The summed E-state index contributed by atoms with van der Waals surface area (Å²) >= 11 is 0. The Hall–Kier alpha value is -2.33. The number of H-pyrrole nitrogens is 1. The summed E-state index contributed by atoms with van der Waals surface area (Å²) in [4.78, 5) is 13.5. The van der Waals surface area contributed by atoms with Gasteiger partial charge in [0.1, 0.15) is 5.82 Å². The van der Waals surface area contributed by atoms with Gasteiger partial charge >= 0.3 is 6.36 Å². The largest absolute Gasteiger partial charge is 0.573 e. The number of imidazole rings is 1. The molecule has 2 aliphatic rings. The maximum atomic E-state index is 12.2. The van der Waals surface area contributed by atoms with Crippen LogP contribution in [0.15, 0.2) is 18.5 Å². The number of ether oxygens (including phenoxy) is 2. The number of pyridine rings is 1. The van der Waals surface area contributed by atoms with Crippen LogP contribution in [0.25, 0.3) is 11.3 Å². The van der Waals surface area contributed by atoms with Crippen molar-refractivity contribution in [3.8, 4) is 17.0 Å². The van der Waals surface area contributed by atoms with Crippen LogP contribution in [0.3, 0.4) is 0 Å². The first kappa shape index (κ1) is 24.3. The van der Waals surface area contributed by atoms with Crippen molar-refractivity contribution in [2.75, 3.05) is 32.0 Å². The number of nitrogens with one attached hydrogen (secondary N) is 1. The average Bonchev–Trinajstić information content (AvgIpc) is 3.39. The van der Waals surface area contributed by atoms with E-state index in [9.17, 15) is 13.2 Å². The first-order valence-corrected chi connectivity index (χ1v) is 11.0. The van der Waals surface area contributed by atoms with E-state index in [1.54, 1.807) is 0 Å². The molecule has 0 spiro atoms. The topological polar surface area (TPSA) is 89.3 Å². The summed E-state index contributed by atoms with van der Waals surface area (Å²) in [6.45, 7) is 10.5. The van der Waals surface area contributed by atoms with Gasteiger partial charge in [0.25, 0.3) is 0 Å². The lowest BCUT2D eigenvalue weighted by Gasteiger charge is -2.32. The molecule has 3 heterocycles. The molecule has 0 radical (unpaired) electrons. The average molecular weight is 456 g/mol. The fraction of sp³-hybridized carbons (Fsp3) is 0.636. The molecule has 4 rings (SSSR count). The number of aromatic nitrogens is 3. The molecule has 0 bridgehead atoms. The third-order valence-corrected chi connectivity index (χ3v) is 5.79. The maximum absolute atomic E-state index is 12.2. The zero-order valence-electron chi connectivity index (χ0n) is 18.8. The summed E-state index contributed by atoms with van der Waals surface area (Å²) in [5.74, 6) is 1.01. The van der Waals surface area contributed by atoms with E-state index in [1.165, 1.54) is 37.7 Å². The zero-order chi connectivity index (χ0) is 23.3. The molecule has 7 nitrogen and oxygen atoms in total. The minimum atomic E-state index is -4.81. The highest BCUT2D eigenvalue weighted by atomic mass is 19.4. The number of halogens is 3. The molecule has 3 N–H and O–H groups in total. The van der Waals surface area contributed by atoms with Crippen molar-refractivity contribution in [3.63, 3.8) is 0 Å². The number of aromatic amines is 1. The van der Waals surface area contributed by atoms with Gasteiger partial charge in [-0.3, -0.25) is 4.90 Å². The molecule has 2 unspecified atom stereocenters. The quantitative estimate of drug-likeness (QED) is 0.701. The maximum Gasteiger partial charge on any atom is 0.573 e. The van der Waals surface area contributed by atoms with Crippen molar-refractivity contribution < 1.29 is 22.6 Å². The lowest BCUT2D eigenvalue weighted by Crippen LogP contribution is -2.42. The van der Waals surface area contributed by atoms with Crippen LogP contribution in [-0.4, -0.2) is 58.6 Å². The SMILES string of the molecule is CC(C)c1ncc(-c2cnc(N)c(OC(F)(F)F)c2)[nH]1.CC1CCC(N2CCOCC2)C1. The van der Waals surface area contributed by atoms with Crippen LogP contribution in [0.2, 0.25) is 0 Å². The summed E-state index contributed by atoms with van der Waals surface area (Å²) in [6.07, 6.45) is 2.34. The van der Waals surface area contributed by atoms with Gasteiger partial charge in [-0.2, -0.15) is 0 Å². The highest BCUT2D eigenvalue weighted by Gasteiger charge is 2.32. The summed E-state index contributed by atoms with van der Waals surface area (Å²) in [5, 5.41) is 0. The van der Waals surface area contributed by atoms with Crippen LogP contribution in [0, 0.1) is 5.92 Å². The van der Waals surface area contributed by atoms with Crippen LogP contribution < -0.4 is 10.5 Å². The molecule has 1 saturated carbocycles. The second-order valence-corrected chi connectivity index (χ2v) is 8.71. The van der Waals surface area contributed by atoms with Gasteiger partial charge in [-0.25, -0.2) is 9.97 Å². The molecular weight excluding hydrogens is 423 g/mol. The molecule has 2 aromatic heterocycles. The van der Waals surface area contributed by atoms with Gasteiger partial charge in [-0.1, -0.05) is 20.8 Å². The number of nitrogen functional groups attached to an aromatic ring is 1. The van der Waals surface area contributed by atoms with E-state index < -0.39 is 12.1 Å². The van der Waals surface area contributed by atoms with Crippen LogP contribution in [-0.2, 0) is 4.74 Å². The van der Waals surface area contributed by atoms with Crippen molar-refractivity contribution >= 4 is 5.82 Å². The Morgan fingerprint density at radius 2 is 1.91 bits per heavy atom. The first-order chi connectivity index (χ1) is 15.1. The molecular formula is C22H32F3N5O2. The predicted octanol–water partition coefficient (Wildman–Crippen LogP) is 4.58. The standard InChI is InChI=1S/C12H13F3N4O.C10H19NO/c1-6(2)11-18-5-8(19-11)7-3-9(10(16)17-4-7)20-12(13,14)15;1-9-2-3-10(8-9)11-4-6-12-7-5-11/h3-6H,1-2H3,(H2,16,17)(H,18,19);9-10H,2-8H2,1H3. The lowest BCUT2D eigenvalue weighted by molar-refractivity contribution is -0.274. The molecule has 32 heavy (non-hydrogen) atoms. The number of anilines is 1. The van der Waals surface area contributed by atoms with E-state index in [2.05, 4.69) is 31.5 Å². The Morgan fingerprint density at radius 3 is 2.47 bits per heavy atom. The van der Waals surface area contributed by atoms with Gasteiger partial charge < -0.3 is 20.2 Å². The third-order valence-electron chi connectivity index (χ3n) is 5.79. The number of alkyl halides is 3. The minimum Gasteiger partial charge on any atom is -0.402 e. The Labute approximate surface area is 186 Å². The number of rotatable bonds is 4. The van der Waals surface area contributed by atoms with Gasteiger partial charge in [0.05, 0.1) is 25.1 Å². The number of hydrogen-bond acceptors (Lipinski definition) is 6. The lowest BCUT2D eigenvalue weighted by atomic mass is 10.1. The summed E-state index contributed by atoms with van der Waals surface area (Å²) in [5.41, 5.74) is 6.33. The Balaban J connectivity index is 0.000000204. The van der Waals surface area contributed by atoms with Gasteiger partial charge in [-0.15, -0.1) is 13.2 Å².